The Balaban J connectivity index is 2.38. The van der Waals surface area contributed by atoms with Crippen molar-refractivity contribution >= 4 is 37.7 Å². The molecule has 0 aliphatic heterocycles. The third-order valence-electron chi connectivity index (χ3n) is 2.84. The molecule has 0 saturated heterocycles. The van der Waals surface area contributed by atoms with Gasteiger partial charge in [-0.2, -0.15) is 0 Å². The summed E-state index contributed by atoms with van der Waals surface area (Å²) >= 11 is 7.10. The molecule has 1 aromatic heterocycles. The number of aryl methyl sites for hydroxylation is 1. The molecule has 0 saturated carbocycles. The zero-order chi connectivity index (χ0) is 13.8. The summed E-state index contributed by atoms with van der Waals surface area (Å²) in [5, 5.41) is 3.10. The third-order valence-corrected chi connectivity index (χ3v) is 4.45. The van der Waals surface area contributed by atoms with Crippen LogP contribution in [0.3, 0.4) is 0 Å². The molecule has 2 aromatic rings. The van der Waals surface area contributed by atoms with Gasteiger partial charge >= 0.3 is 0 Å². The lowest BCUT2D eigenvalue weighted by molar-refractivity contribution is 0.897. The van der Waals surface area contributed by atoms with Gasteiger partial charge in [0.05, 0.1) is 10.2 Å². The maximum atomic E-state index is 4.62. The molecule has 0 unspecified atom stereocenters. The number of aromatic nitrogens is 2. The van der Waals surface area contributed by atoms with Gasteiger partial charge in [-0.15, -0.1) is 0 Å². The maximum Gasteiger partial charge on any atom is 0.144 e. The Morgan fingerprint density at radius 3 is 2.53 bits per heavy atom. The van der Waals surface area contributed by atoms with Crippen LogP contribution in [0.2, 0.25) is 0 Å². The summed E-state index contributed by atoms with van der Waals surface area (Å²) < 4.78 is 2.04. The molecule has 0 bridgehead atoms. The lowest BCUT2D eigenvalue weighted by Crippen LogP contribution is -2.06. The minimum atomic E-state index is 0.719. The standard InChI is InChI=1S/C14H15Br2N3/c1-3-11-13(16)14(17-2)19-12(18-11)8-9-6-4-5-7-10(9)15/h4-7H,3,8H2,1-2H3,(H,17,18,19). The summed E-state index contributed by atoms with van der Waals surface area (Å²) in [6, 6.07) is 8.15. The maximum absolute atomic E-state index is 4.62. The highest BCUT2D eigenvalue weighted by Crippen LogP contribution is 2.25. The highest BCUT2D eigenvalue weighted by Gasteiger charge is 2.11. The van der Waals surface area contributed by atoms with E-state index in [1.54, 1.807) is 0 Å². The summed E-state index contributed by atoms with van der Waals surface area (Å²) in [7, 11) is 1.87. The van der Waals surface area contributed by atoms with Gasteiger partial charge in [-0.25, -0.2) is 9.97 Å². The van der Waals surface area contributed by atoms with E-state index < -0.39 is 0 Å². The van der Waals surface area contributed by atoms with Crippen LogP contribution in [-0.2, 0) is 12.8 Å². The van der Waals surface area contributed by atoms with E-state index in [1.807, 2.05) is 25.2 Å². The molecule has 0 amide bonds. The van der Waals surface area contributed by atoms with E-state index in [9.17, 15) is 0 Å². The Hall–Kier alpha value is -0.940. The number of rotatable bonds is 4. The quantitative estimate of drug-likeness (QED) is 0.858. The van der Waals surface area contributed by atoms with Crippen LogP contribution < -0.4 is 5.32 Å². The van der Waals surface area contributed by atoms with Crippen molar-refractivity contribution < 1.29 is 0 Å². The van der Waals surface area contributed by atoms with Crippen LogP contribution in [0.15, 0.2) is 33.2 Å². The second kappa shape index (κ2) is 6.48. The summed E-state index contributed by atoms with van der Waals surface area (Å²) in [6.45, 7) is 2.09. The van der Waals surface area contributed by atoms with Gasteiger partial charge < -0.3 is 5.32 Å². The van der Waals surface area contributed by atoms with Crippen molar-refractivity contribution in [3.63, 3.8) is 0 Å². The van der Waals surface area contributed by atoms with Gasteiger partial charge in [0.25, 0.3) is 0 Å². The first-order valence-corrected chi connectivity index (χ1v) is 7.70. The van der Waals surface area contributed by atoms with Crippen LogP contribution in [0.1, 0.15) is 24.0 Å². The monoisotopic (exact) mass is 383 g/mol. The Bertz CT molecular complexity index is 560. The van der Waals surface area contributed by atoms with E-state index in [0.717, 1.165) is 39.1 Å². The Labute approximate surface area is 130 Å². The molecule has 5 heteroatoms. The normalized spacial score (nSPS) is 10.5. The van der Waals surface area contributed by atoms with Gasteiger partial charge in [-0.3, -0.25) is 0 Å². The molecular formula is C14H15Br2N3. The number of benzene rings is 1. The molecule has 19 heavy (non-hydrogen) atoms. The van der Waals surface area contributed by atoms with E-state index in [1.165, 1.54) is 5.56 Å². The summed E-state index contributed by atoms with van der Waals surface area (Å²) in [4.78, 5) is 9.16. The van der Waals surface area contributed by atoms with Crippen molar-refractivity contribution in [2.45, 2.75) is 19.8 Å². The van der Waals surface area contributed by atoms with Gasteiger partial charge in [-0.1, -0.05) is 41.1 Å². The molecule has 0 atom stereocenters. The van der Waals surface area contributed by atoms with E-state index in [2.05, 4.69) is 60.1 Å². The number of nitrogens with one attached hydrogen (secondary N) is 1. The number of hydrogen-bond acceptors (Lipinski definition) is 3. The fourth-order valence-corrected chi connectivity index (χ4v) is 2.92. The predicted octanol–water partition coefficient (Wildman–Crippen LogP) is 4.20. The van der Waals surface area contributed by atoms with Crippen molar-refractivity contribution in [2.75, 3.05) is 12.4 Å². The Morgan fingerprint density at radius 2 is 1.89 bits per heavy atom. The van der Waals surface area contributed by atoms with Gasteiger partial charge in [0, 0.05) is 17.9 Å². The molecule has 1 N–H and O–H groups in total. The van der Waals surface area contributed by atoms with Crippen LogP contribution in [0, 0.1) is 0 Å². The van der Waals surface area contributed by atoms with Crippen molar-refractivity contribution in [2.24, 2.45) is 0 Å². The Kier molecular flexibility index (Phi) is 4.93. The van der Waals surface area contributed by atoms with Crippen molar-refractivity contribution in [3.05, 3.63) is 50.3 Å². The molecule has 1 aromatic carbocycles. The smallest absolute Gasteiger partial charge is 0.144 e. The van der Waals surface area contributed by atoms with Crippen LogP contribution in [-0.4, -0.2) is 17.0 Å². The minimum absolute atomic E-state index is 0.719. The van der Waals surface area contributed by atoms with Crippen molar-refractivity contribution in [1.29, 1.82) is 0 Å². The molecule has 0 spiro atoms. The topological polar surface area (TPSA) is 37.8 Å². The largest absolute Gasteiger partial charge is 0.372 e. The van der Waals surface area contributed by atoms with E-state index in [4.69, 9.17) is 0 Å². The van der Waals surface area contributed by atoms with Crippen LogP contribution in [0.25, 0.3) is 0 Å². The van der Waals surface area contributed by atoms with Crippen molar-refractivity contribution in [3.8, 4) is 0 Å². The molecule has 2 rings (SSSR count). The highest BCUT2D eigenvalue weighted by molar-refractivity contribution is 9.11. The average Bonchev–Trinajstić information content (AvgIpc) is 2.43. The SMILES string of the molecule is CCc1nc(Cc2ccccc2Br)nc(NC)c1Br. The number of nitrogens with zero attached hydrogens (tertiary/aromatic N) is 2. The van der Waals surface area contributed by atoms with Gasteiger partial charge in [0.2, 0.25) is 0 Å². The van der Waals surface area contributed by atoms with Gasteiger partial charge in [-0.05, 0) is 34.0 Å². The zero-order valence-electron chi connectivity index (χ0n) is 10.9. The first kappa shape index (κ1) is 14.5. The van der Waals surface area contributed by atoms with E-state index in [0.29, 0.717) is 0 Å². The molecule has 0 aliphatic rings. The molecule has 1 heterocycles. The fraction of sp³-hybridized carbons (Fsp3) is 0.286. The molecule has 100 valence electrons. The fourth-order valence-electron chi connectivity index (χ4n) is 1.84. The summed E-state index contributed by atoms with van der Waals surface area (Å²) in [5.41, 5.74) is 2.22. The molecule has 0 aliphatic carbocycles. The Morgan fingerprint density at radius 1 is 1.16 bits per heavy atom. The first-order chi connectivity index (χ1) is 9.15. The van der Waals surface area contributed by atoms with Crippen LogP contribution >= 0.6 is 31.9 Å². The molecule has 3 nitrogen and oxygen atoms in total. The number of halogens is 2. The first-order valence-electron chi connectivity index (χ1n) is 6.12. The molecule has 0 fully saturated rings. The highest BCUT2D eigenvalue weighted by atomic mass is 79.9. The summed E-state index contributed by atoms with van der Waals surface area (Å²) in [6.07, 6.45) is 1.59. The second-order valence-electron chi connectivity index (χ2n) is 4.12. The lowest BCUT2D eigenvalue weighted by Gasteiger charge is -2.10. The van der Waals surface area contributed by atoms with E-state index in [-0.39, 0.29) is 0 Å². The van der Waals surface area contributed by atoms with Gasteiger partial charge in [0.15, 0.2) is 0 Å². The van der Waals surface area contributed by atoms with Crippen LogP contribution in [0.5, 0.6) is 0 Å². The van der Waals surface area contributed by atoms with Crippen molar-refractivity contribution in [1.82, 2.24) is 9.97 Å². The zero-order valence-corrected chi connectivity index (χ0v) is 14.0. The second-order valence-corrected chi connectivity index (χ2v) is 5.77. The number of hydrogen-bond donors (Lipinski definition) is 1. The van der Waals surface area contributed by atoms with Crippen LogP contribution in [0.4, 0.5) is 5.82 Å². The lowest BCUT2D eigenvalue weighted by atomic mass is 10.1. The summed E-state index contributed by atoms with van der Waals surface area (Å²) in [5.74, 6) is 1.67. The minimum Gasteiger partial charge on any atom is -0.372 e. The molecular weight excluding hydrogens is 370 g/mol. The van der Waals surface area contributed by atoms with Gasteiger partial charge in [0.1, 0.15) is 11.6 Å². The van der Waals surface area contributed by atoms with E-state index >= 15 is 0 Å². The number of anilines is 1. The third kappa shape index (κ3) is 3.34. The predicted molar refractivity (Wildman–Crippen MR) is 85.6 cm³/mol. The average molecular weight is 385 g/mol. The molecule has 0 radical (unpaired) electrons.